The predicted molar refractivity (Wildman–Crippen MR) is 50.7 cm³/mol. The molecular formula is C9H17BrN+. The van der Waals surface area contributed by atoms with Crippen molar-refractivity contribution < 1.29 is 4.48 Å². The molecule has 11 heavy (non-hydrogen) atoms. The minimum atomic E-state index is 0.794. The molecule has 2 heterocycles. The van der Waals surface area contributed by atoms with E-state index < -0.39 is 0 Å². The molecule has 0 aromatic carbocycles. The second-order valence-electron chi connectivity index (χ2n) is 4.03. The van der Waals surface area contributed by atoms with Crippen LogP contribution in [0.1, 0.15) is 32.1 Å². The summed E-state index contributed by atoms with van der Waals surface area (Å²) in [5.74, 6) is 0. The van der Waals surface area contributed by atoms with Gasteiger partial charge in [-0.05, 0) is 35.2 Å². The van der Waals surface area contributed by atoms with Gasteiger partial charge in [0.05, 0.1) is 19.6 Å². The van der Waals surface area contributed by atoms with Gasteiger partial charge in [-0.25, -0.2) is 0 Å². The maximum atomic E-state index is 3.83. The van der Waals surface area contributed by atoms with Crippen LogP contribution in [-0.2, 0) is 0 Å². The summed E-state index contributed by atoms with van der Waals surface area (Å²) in [6.45, 7) is 4.32. The number of halogens is 1. The Morgan fingerprint density at radius 1 is 0.909 bits per heavy atom. The number of rotatable bonds is 0. The third kappa shape index (κ3) is 1.35. The van der Waals surface area contributed by atoms with Crippen LogP contribution in [0.2, 0.25) is 0 Å². The Hall–Kier alpha value is 0.440. The highest BCUT2D eigenvalue weighted by Crippen LogP contribution is 2.34. The number of hydrogen-bond donors (Lipinski definition) is 0. The van der Waals surface area contributed by atoms with E-state index in [1.165, 1.54) is 56.2 Å². The van der Waals surface area contributed by atoms with Gasteiger partial charge in [0.2, 0.25) is 0 Å². The summed E-state index contributed by atoms with van der Waals surface area (Å²) < 4.78 is 1.40. The Kier molecular flexibility index (Phi) is 2.24. The zero-order chi connectivity index (χ0) is 7.73. The molecule has 0 aromatic heterocycles. The first-order valence-corrected chi connectivity index (χ1v) is 5.75. The molecule has 0 aliphatic carbocycles. The summed E-state index contributed by atoms with van der Waals surface area (Å²) in [5, 5.41) is 0. The molecule has 0 saturated carbocycles. The zero-order valence-electron chi connectivity index (χ0n) is 7.06. The fourth-order valence-corrected chi connectivity index (χ4v) is 3.57. The van der Waals surface area contributed by atoms with E-state index in [1.54, 1.807) is 0 Å². The third-order valence-electron chi connectivity index (χ3n) is 3.35. The van der Waals surface area contributed by atoms with E-state index in [4.69, 9.17) is 0 Å². The standard InChI is InChI=1S/C9H17BrN/c10-9-5-4-8-11(9)6-2-1-3-7-11/h9H,1-8H2/q+1. The lowest BCUT2D eigenvalue weighted by atomic mass is 10.1. The van der Waals surface area contributed by atoms with Crippen LogP contribution >= 0.6 is 15.9 Å². The van der Waals surface area contributed by atoms with Crippen molar-refractivity contribution in [3.05, 3.63) is 0 Å². The van der Waals surface area contributed by atoms with Gasteiger partial charge in [0.15, 0.2) is 0 Å². The molecule has 2 aliphatic rings. The van der Waals surface area contributed by atoms with Crippen LogP contribution in [0.5, 0.6) is 0 Å². The van der Waals surface area contributed by atoms with E-state index >= 15 is 0 Å². The molecule has 0 aromatic rings. The maximum Gasteiger partial charge on any atom is 0.144 e. The molecule has 1 atom stereocenters. The van der Waals surface area contributed by atoms with E-state index in [-0.39, 0.29) is 0 Å². The van der Waals surface area contributed by atoms with Gasteiger partial charge in [0.1, 0.15) is 4.95 Å². The van der Waals surface area contributed by atoms with Gasteiger partial charge in [-0.1, -0.05) is 0 Å². The highest BCUT2D eigenvalue weighted by atomic mass is 79.9. The number of piperidine rings is 1. The van der Waals surface area contributed by atoms with Crippen molar-refractivity contribution in [2.75, 3.05) is 19.6 Å². The summed E-state index contributed by atoms with van der Waals surface area (Å²) in [5.41, 5.74) is 0. The summed E-state index contributed by atoms with van der Waals surface area (Å²) >= 11 is 3.83. The second-order valence-corrected chi connectivity index (χ2v) is 5.08. The maximum absolute atomic E-state index is 3.83. The molecule has 1 spiro atoms. The summed E-state index contributed by atoms with van der Waals surface area (Å²) in [6, 6.07) is 0. The first-order valence-electron chi connectivity index (χ1n) is 4.83. The molecule has 64 valence electrons. The molecule has 2 aliphatic heterocycles. The van der Waals surface area contributed by atoms with Crippen molar-refractivity contribution in [3.8, 4) is 0 Å². The molecule has 0 bridgehead atoms. The lowest BCUT2D eigenvalue weighted by Gasteiger charge is -2.40. The monoisotopic (exact) mass is 218 g/mol. The van der Waals surface area contributed by atoms with Crippen molar-refractivity contribution in [1.29, 1.82) is 0 Å². The largest absolute Gasteiger partial charge is 0.312 e. The van der Waals surface area contributed by atoms with E-state index in [0.717, 1.165) is 4.95 Å². The topological polar surface area (TPSA) is 0 Å². The van der Waals surface area contributed by atoms with Gasteiger partial charge in [-0.2, -0.15) is 0 Å². The van der Waals surface area contributed by atoms with Crippen molar-refractivity contribution in [3.63, 3.8) is 0 Å². The minimum absolute atomic E-state index is 0.794. The molecule has 2 fully saturated rings. The van der Waals surface area contributed by atoms with Crippen molar-refractivity contribution in [2.45, 2.75) is 37.1 Å². The molecule has 1 nitrogen and oxygen atoms in total. The van der Waals surface area contributed by atoms with E-state index in [1.807, 2.05) is 0 Å². The van der Waals surface area contributed by atoms with Gasteiger partial charge >= 0.3 is 0 Å². The molecular weight excluding hydrogens is 202 g/mol. The summed E-state index contributed by atoms with van der Waals surface area (Å²) in [7, 11) is 0. The predicted octanol–water partition coefficient (Wildman–Crippen LogP) is 2.50. The van der Waals surface area contributed by atoms with Crippen LogP contribution in [-0.4, -0.2) is 29.1 Å². The van der Waals surface area contributed by atoms with E-state index in [2.05, 4.69) is 15.9 Å². The highest BCUT2D eigenvalue weighted by molar-refractivity contribution is 9.09. The van der Waals surface area contributed by atoms with Gasteiger partial charge in [0, 0.05) is 12.8 Å². The fraction of sp³-hybridized carbons (Fsp3) is 1.00. The lowest BCUT2D eigenvalue weighted by molar-refractivity contribution is -0.928. The first-order chi connectivity index (χ1) is 5.33. The van der Waals surface area contributed by atoms with Gasteiger partial charge in [0.25, 0.3) is 0 Å². The number of quaternary nitrogens is 1. The Balaban J connectivity index is 2.06. The first kappa shape index (κ1) is 8.06. The molecule has 0 radical (unpaired) electrons. The average Bonchev–Trinajstić information content (AvgIpc) is 2.36. The van der Waals surface area contributed by atoms with Crippen LogP contribution < -0.4 is 0 Å². The smallest absolute Gasteiger partial charge is 0.144 e. The molecule has 2 rings (SSSR count). The van der Waals surface area contributed by atoms with Crippen LogP contribution in [0.4, 0.5) is 0 Å². The van der Waals surface area contributed by atoms with Crippen LogP contribution in [0.25, 0.3) is 0 Å². The highest BCUT2D eigenvalue weighted by Gasteiger charge is 2.40. The van der Waals surface area contributed by atoms with Crippen molar-refractivity contribution in [1.82, 2.24) is 0 Å². The SMILES string of the molecule is BrC1CCC[N+]12CCCCC2. The van der Waals surface area contributed by atoms with Crippen LogP contribution in [0, 0.1) is 0 Å². The number of hydrogen-bond acceptors (Lipinski definition) is 0. The van der Waals surface area contributed by atoms with Crippen LogP contribution in [0.15, 0.2) is 0 Å². The Bertz CT molecular complexity index is 140. The molecule has 2 saturated heterocycles. The van der Waals surface area contributed by atoms with Crippen LogP contribution in [0.3, 0.4) is 0 Å². The van der Waals surface area contributed by atoms with Gasteiger partial charge in [-0.3, -0.25) is 0 Å². The minimum Gasteiger partial charge on any atom is -0.312 e. The summed E-state index contributed by atoms with van der Waals surface area (Å²) in [4.78, 5) is 0.794. The number of nitrogens with zero attached hydrogens (tertiary/aromatic N) is 1. The number of alkyl halides is 1. The molecule has 0 N–H and O–H groups in total. The van der Waals surface area contributed by atoms with Gasteiger partial charge in [-0.15, -0.1) is 0 Å². The van der Waals surface area contributed by atoms with Gasteiger partial charge < -0.3 is 4.48 Å². The quantitative estimate of drug-likeness (QED) is 0.333. The average molecular weight is 219 g/mol. The Morgan fingerprint density at radius 3 is 2.09 bits per heavy atom. The van der Waals surface area contributed by atoms with Crippen molar-refractivity contribution >= 4 is 15.9 Å². The fourth-order valence-electron chi connectivity index (χ4n) is 2.63. The van der Waals surface area contributed by atoms with E-state index in [9.17, 15) is 0 Å². The normalized spacial score (nSPS) is 36.3. The second kappa shape index (κ2) is 3.06. The van der Waals surface area contributed by atoms with E-state index in [0.29, 0.717) is 0 Å². The van der Waals surface area contributed by atoms with Crippen molar-refractivity contribution in [2.24, 2.45) is 0 Å². The third-order valence-corrected chi connectivity index (χ3v) is 4.67. The lowest BCUT2D eigenvalue weighted by Crippen LogP contribution is -2.52. The molecule has 2 heteroatoms. The molecule has 1 unspecified atom stereocenters. The Morgan fingerprint density at radius 2 is 1.55 bits per heavy atom. The Labute approximate surface area is 77.5 Å². The summed E-state index contributed by atoms with van der Waals surface area (Å²) in [6.07, 6.45) is 7.24. The molecule has 0 amide bonds. The zero-order valence-corrected chi connectivity index (χ0v) is 8.65.